The summed E-state index contributed by atoms with van der Waals surface area (Å²) in [5.74, 6) is -17.5. The number of hydrogen-bond donors (Lipinski definition) is 0. The van der Waals surface area contributed by atoms with Gasteiger partial charge in [-0.15, -0.1) is 0 Å². The molecule has 0 saturated carbocycles. The Labute approximate surface area is 613 Å². The molecule has 0 aliphatic heterocycles. The van der Waals surface area contributed by atoms with Crippen LogP contribution in [0.15, 0.2) is 358 Å². The van der Waals surface area contributed by atoms with Gasteiger partial charge in [0.2, 0.25) is 23.5 Å². The van der Waals surface area contributed by atoms with E-state index in [2.05, 4.69) is 307 Å². The summed E-state index contributed by atoms with van der Waals surface area (Å²) in [6.45, 7) is 12.5. The Balaban J connectivity index is 0.000000228. The number of hydrogen-bond acceptors (Lipinski definition) is 15. The highest BCUT2D eigenvalue weighted by molar-refractivity contribution is 7.97. The molecule has 0 bridgehead atoms. The summed E-state index contributed by atoms with van der Waals surface area (Å²) in [7, 11) is -15.3. The molecular weight excluding hydrogens is 1490 g/mol. The van der Waals surface area contributed by atoms with Gasteiger partial charge in [0.1, 0.15) is 21.6 Å². The second kappa shape index (κ2) is 41.6. The van der Waals surface area contributed by atoms with Crippen molar-refractivity contribution in [3.63, 3.8) is 0 Å². The Kier molecular flexibility index (Phi) is 34.0. The molecule has 0 spiro atoms. The van der Waals surface area contributed by atoms with E-state index in [4.69, 9.17) is 0 Å². The molecule has 15 nitrogen and oxygen atoms in total. The molecule has 0 N–H and O–H groups in total. The van der Waals surface area contributed by atoms with Crippen molar-refractivity contribution in [2.75, 3.05) is 18.1 Å². The molecular formula is C77H67F7O15S6. The van der Waals surface area contributed by atoms with E-state index in [9.17, 15) is 84.0 Å². The summed E-state index contributed by atoms with van der Waals surface area (Å²) in [6.07, 6.45) is -8.10. The molecule has 0 aliphatic carbocycles. The van der Waals surface area contributed by atoms with Gasteiger partial charge in [0.15, 0.2) is 55.7 Å². The van der Waals surface area contributed by atoms with Crippen LogP contribution in [0.5, 0.6) is 5.75 Å². The number of benzene rings is 10. The Hall–Kier alpha value is -9.88. The van der Waals surface area contributed by atoms with Gasteiger partial charge in [0, 0.05) is 16.7 Å². The molecule has 0 aliphatic rings. The van der Waals surface area contributed by atoms with E-state index in [1.54, 1.807) is 0 Å². The Morgan fingerprint density at radius 3 is 0.790 bits per heavy atom. The van der Waals surface area contributed by atoms with Crippen LogP contribution in [0.25, 0.3) is 0 Å². The van der Waals surface area contributed by atoms with Crippen LogP contribution in [0.4, 0.5) is 30.7 Å². The zero-order valence-electron chi connectivity index (χ0n) is 56.0. The standard InChI is InChI=1S/3C18H15S.C10H6F4O5S.C7H9F3O5S.C6H10O5S/c3*1-4-10-16(11-5-1)19(17-12-6-2-7-13-17)18-14-8-3-9-15-18;1-3(2)10(15)19-8-4(11)6(13)9(20(16,17)18)7(14)5(8)12;1-4(2)6(11)15-5(7(8,9)10)3-16(12,13)14;1-5(2)6(7)11-3-4-12(8,9)10/h3*1-15H;1H2,2H3,(H,16,17,18);5H,1,3H2,2H3,(H,12,13,14);1,3-4H2,2H3,(H,8,9,10)/q3*+1;;;/p-3. The fraction of sp³-hybridized carbons (Fsp3) is 0.104. The maximum absolute atomic E-state index is 13.4. The predicted octanol–water partition coefficient (Wildman–Crippen LogP) is 16.2. The summed E-state index contributed by atoms with van der Waals surface area (Å²) in [5.41, 5.74) is -0.513. The molecule has 0 fully saturated rings. The van der Waals surface area contributed by atoms with Crippen LogP contribution >= 0.6 is 0 Å². The lowest BCUT2D eigenvalue weighted by molar-refractivity contribution is -0.213. The maximum Gasteiger partial charge on any atom is 0.426 e. The van der Waals surface area contributed by atoms with Crippen molar-refractivity contribution in [1.29, 1.82) is 0 Å². The monoisotopic (exact) mass is 1560 g/mol. The van der Waals surface area contributed by atoms with E-state index in [-0.39, 0.29) is 49.4 Å². The first-order valence-corrected chi connectivity index (χ1v) is 38.8. The number of esters is 3. The molecule has 1 unspecified atom stereocenters. The number of halogens is 7. The molecule has 10 aromatic rings. The third kappa shape index (κ3) is 28.9. The van der Waals surface area contributed by atoms with Crippen LogP contribution < -0.4 is 4.74 Å². The van der Waals surface area contributed by atoms with Crippen LogP contribution in [-0.4, -0.2) is 87.2 Å². The van der Waals surface area contributed by atoms with E-state index < -0.39 is 113 Å². The first-order valence-electron chi connectivity index (χ1n) is 30.6. The van der Waals surface area contributed by atoms with Crippen LogP contribution in [0, 0.1) is 23.3 Å². The highest BCUT2D eigenvalue weighted by Gasteiger charge is 2.44. The summed E-state index contributed by atoms with van der Waals surface area (Å²) in [5, 5.41) is 0. The second-order valence-corrected chi connectivity index (χ2v) is 31.8. The van der Waals surface area contributed by atoms with Crippen LogP contribution in [-0.2, 0) is 86.9 Å². The van der Waals surface area contributed by atoms with Crippen LogP contribution in [0.2, 0.25) is 0 Å². The van der Waals surface area contributed by atoms with Crippen molar-refractivity contribution < 1.29 is 98.2 Å². The van der Waals surface area contributed by atoms with E-state index in [1.165, 1.54) is 51.0 Å². The quantitative estimate of drug-likeness (QED) is 0.0131. The average molecular weight is 1560 g/mol. The fourth-order valence-corrected chi connectivity index (χ4v) is 16.1. The van der Waals surface area contributed by atoms with Gasteiger partial charge in [0.25, 0.3) is 0 Å². The maximum atomic E-state index is 13.4. The molecule has 10 rings (SSSR count). The molecule has 105 heavy (non-hydrogen) atoms. The first kappa shape index (κ1) is 85.8. The Morgan fingerprint density at radius 1 is 0.381 bits per heavy atom. The van der Waals surface area contributed by atoms with Crippen LogP contribution in [0.3, 0.4) is 0 Å². The lowest BCUT2D eigenvalue weighted by atomic mass is 10.3. The molecule has 0 radical (unpaired) electrons. The van der Waals surface area contributed by atoms with E-state index >= 15 is 0 Å². The van der Waals surface area contributed by atoms with Gasteiger partial charge in [-0.1, -0.05) is 184 Å². The molecule has 28 heteroatoms. The number of rotatable bonds is 20. The summed E-state index contributed by atoms with van der Waals surface area (Å²) in [6, 6.07) is 96.5. The fourth-order valence-electron chi connectivity index (χ4n) is 8.28. The second-order valence-electron chi connectivity index (χ2n) is 21.4. The molecule has 0 saturated heterocycles. The van der Waals surface area contributed by atoms with E-state index in [1.807, 2.05) is 0 Å². The number of carbonyl (C=O) groups excluding carboxylic acids is 3. The Morgan fingerprint density at radius 2 is 0.610 bits per heavy atom. The minimum atomic E-state index is -5.81. The van der Waals surface area contributed by atoms with Crippen molar-refractivity contribution in [2.24, 2.45) is 0 Å². The van der Waals surface area contributed by atoms with Gasteiger partial charge in [-0.05, 0) is 130 Å². The highest BCUT2D eigenvalue weighted by Crippen LogP contribution is 2.36. The molecule has 1 atom stereocenters. The molecule has 0 heterocycles. The van der Waals surface area contributed by atoms with Crippen molar-refractivity contribution in [3.8, 4) is 5.75 Å². The zero-order chi connectivity index (χ0) is 77.5. The van der Waals surface area contributed by atoms with Crippen molar-refractivity contribution >= 4 is 80.9 Å². The number of alkyl halides is 3. The first-order chi connectivity index (χ1) is 49.6. The van der Waals surface area contributed by atoms with Crippen molar-refractivity contribution in [2.45, 2.75) is 82.0 Å². The SMILES string of the molecule is C=C(C)C(=O)OC(CS(=O)(=O)[O-])C(F)(F)F.C=C(C)C(=O)OCCS(=O)(=O)[O-].C=C(C)C(=O)Oc1c(F)c(F)c(S(=O)(=O)[O-])c(F)c1F.c1ccc([S+](c2ccccc2)c2ccccc2)cc1.c1ccc([S+](c2ccccc2)c2ccccc2)cc1.c1ccc([S+](c2ccccc2)c2ccccc2)cc1. The number of ether oxygens (including phenoxy) is 3. The minimum Gasteiger partial charge on any atom is -0.748 e. The minimum absolute atomic E-state index is 0.0146. The van der Waals surface area contributed by atoms with Crippen LogP contribution in [0.1, 0.15) is 20.8 Å². The topological polar surface area (TPSA) is 250 Å². The summed E-state index contributed by atoms with van der Waals surface area (Å²) < 4.78 is 194. The molecule has 0 amide bonds. The van der Waals surface area contributed by atoms with E-state index in [0.717, 1.165) is 13.8 Å². The molecule has 0 aromatic heterocycles. The third-order valence-corrected chi connectivity index (χ3v) is 21.9. The smallest absolute Gasteiger partial charge is 0.426 e. The van der Waals surface area contributed by atoms with Gasteiger partial charge in [-0.3, -0.25) is 0 Å². The lowest BCUT2D eigenvalue weighted by Crippen LogP contribution is -2.39. The third-order valence-electron chi connectivity index (χ3n) is 13.0. The van der Waals surface area contributed by atoms with E-state index in [0.29, 0.717) is 0 Å². The highest BCUT2D eigenvalue weighted by atomic mass is 32.2. The summed E-state index contributed by atoms with van der Waals surface area (Å²) in [4.78, 5) is 42.3. The largest absolute Gasteiger partial charge is 0.748 e. The molecule has 10 aromatic carbocycles. The molecule has 550 valence electrons. The normalized spacial score (nSPS) is 11.3. The summed E-state index contributed by atoms with van der Waals surface area (Å²) >= 11 is 0. The van der Waals surface area contributed by atoms with Gasteiger partial charge in [-0.2, -0.15) is 22.0 Å². The van der Waals surface area contributed by atoms with Gasteiger partial charge >= 0.3 is 24.1 Å². The zero-order valence-corrected chi connectivity index (χ0v) is 60.9. The number of carbonyl (C=O) groups is 3. The van der Waals surface area contributed by atoms with Gasteiger partial charge in [-0.25, -0.2) is 48.4 Å². The van der Waals surface area contributed by atoms with Gasteiger partial charge in [0.05, 0.1) is 64.4 Å². The lowest BCUT2D eigenvalue weighted by Gasteiger charge is -2.21. The van der Waals surface area contributed by atoms with Crippen molar-refractivity contribution in [1.82, 2.24) is 0 Å². The Bertz CT molecular complexity index is 4230. The van der Waals surface area contributed by atoms with Crippen molar-refractivity contribution in [3.05, 3.63) is 333 Å². The predicted molar refractivity (Wildman–Crippen MR) is 385 cm³/mol. The van der Waals surface area contributed by atoms with Gasteiger partial charge < -0.3 is 27.9 Å². The average Bonchev–Trinajstić information content (AvgIpc) is 0.770.